The fourth-order valence-electron chi connectivity index (χ4n) is 2.83. The lowest BCUT2D eigenvalue weighted by atomic mass is 10.0. The molecule has 1 aliphatic rings. The summed E-state index contributed by atoms with van der Waals surface area (Å²) >= 11 is 0. The van der Waals surface area contributed by atoms with E-state index in [-0.39, 0.29) is 19.1 Å². The van der Waals surface area contributed by atoms with Crippen LogP contribution in [0.5, 0.6) is 11.5 Å². The summed E-state index contributed by atoms with van der Waals surface area (Å²) in [5.41, 5.74) is 2.59. The molecule has 0 spiro atoms. The molecule has 2 heterocycles. The van der Waals surface area contributed by atoms with Gasteiger partial charge in [0.1, 0.15) is 0 Å². The molecule has 1 aromatic carbocycles. The number of amides is 1. The van der Waals surface area contributed by atoms with E-state index in [9.17, 15) is 14.7 Å². The van der Waals surface area contributed by atoms with Gasteiger partial charge < -0.3 is 19.9 Å². The van der Waals surface area contributed by atoms with Gasteiger partial charge in [-0.05, 0) is 38.0 Å². The number of rotatable bonds is 6. The molecule has 1 atom stereocenters. The number of nitrogens with zero attached hydrogens (tertiary/aromatic N) is 1. The molecule has 0 saturated carbocycles. The van der Waals surface area contributed by atoms with Crippen LogP contribution >= 0.6 is 0 Å². The minimum Gasteiger partial charge on any atom is -0.479 e. The van der Waals surface area contributed by atoms with Gasteiger partial charge in [0.2, 0.25) is 12.7 Å². The summed E-state index contributed by atoms with van der Waals surface area (Å²) in [6.07, 6.45) is 0.636. The highest BCUT2D eigenvalue weighted by Gasteiger charge is 2.27. The number of fused-ring (bicyclic) bond motifs is 1. The third-order valence-corrected chi connectivity index (χ3v) is 4.10. The number of hydrogen-bond acceptors (Lipinski definition) is 5. The highest BCUT2D eigenvalue weighted by molar-refractivity contribution is 5.85. The average molecular weight is 345 g/mol. The molecule has 3 N–H and O–H groups in total. The van der Waals surface area contributed by atoms with E-state index >= 15 is 0 Å². The van der Waals surface area contributed by atoms with Gasteiger partial charge in [-0.15, -0.1) is 0 Å². The van der Waals surface area contributed by atoms with E-state index in [1.807, 2.05) is 12.1 Å². The molecular formula is C17H19N3O5. The minimum atomic E-state index is -1.12. The van der Waals surface area contributed by atoms with Crippen LogP contribution in [0.3, 0.4) is 0 Å². The van der Waals surface area contributed by atoms with Crippen molar-refractivity contribution in [2.24, 2.45) is 0 Å². The van der Waals surface area contributed by atoms with Crippen LogP contribution in [-0.2, 0) is 16.0 Å². The third kappa shape index (κ3) is 3.57. The number of carbonyl (C=O) groups is 2. The number of aliphatic carboxylic acids is 1. The number of H-pyrrole nitrogens is 1. The lowest BCUT2D eigenvalue weighted by molar-refractivity contribution is -0.142. The van der Waals surface area contributed by atoms with Crippen molar-refractivity contribution in [3.05, 3.63) is 40.7 Å². The topological polar surface area (TPSA) is 114 Å². The van der Waals surface area contributed by atoms with Gasteiger partial charge in [0.05, 0.1) is 5.69 Å². The number of hydrogen-bond donors (Lipinski definition) is 3. The van der Waals surface area contributed by atoms with Crippen LogP contribution in [0.25, 0.3) is 0 Å². The molecule has 3 rings (SSSR count). The third-order valence-electron chi connectivity index (χ3n) is 4.10. The van der Waals surface area contributed by atoms with Crippen molar-refractivity contribution < 1.29 is 24.2 Å². The lowest BCUT2D eigenvalue weighted by Gasteiger charge is -2.15. The van der Waals surface area contributed by atoms with Crippen molar-refractivity contribution in [2.75, 3.05) is 6.79 Å². The molecule has 8 heteroatoms. The number of carbonyl (C=O) groups excluding carboxylic acids is 1. The summed E-state index contributed by atoms with van der Waals surface area (Å²) in [6, 6.07) is 4.37. The number of benzene rings is 1. The average Bonchev–Trinajstić information content (AvgIpc) is 3.17. The van der Waals surface area contributed by atoms with Crippen molar-refractivity contribution in [3.8, 4) is 11.5 Å². The fourth-order valence-corrected chi connectivity index (χ4v) is 2.83. The van der Waals surface area contributed by atoms with Gasteiger partial charge >= 0.3 is 5.97 Å². The van der Waals surface area contributed by atoms with Gasteiger partial charge in [0.25, 0.3) is 0 Å². The first-order valence-corrected chi connectivity index (χ1v) is 7.88. The predicted molar refractivity (Wildman–Crippen MR) is 87.5 cm³/mol. The largest absolute Gasteiger partial charge is 0.479 e. The number of aromatic amines is 1. The van der Waals surface area contributed by atoms with Crippen LogP contribution in [-0.4, -0.2) is 34.0 Å². The summed E-state index contributed by atoms with van der Waals surface area (Å²) in [5, 5.41) is 18.7. The molecule has 0 bridgehead atoms. The first-order valence-electron chi connectivity index (χ1n) is 7.88. The second kappa shape index (κ2) is 6.84. The number of ether oxygens (including phenoxy) is 2. The Balaban J connectivity index is 1.63. The Bertz CT molecular complexity index is 795. The second-order valence-corrected chi connectivity index (χ2v) is 5.87. The van der Waals surface area contributed by atoms with Crippen LogP contribution in [0, 0.1) is 13.8 Å². The summed E-state index contributed by atoms with van der Waals surface area (Å²) < 4.78 is 10.6. The van der Waals surface area contributed by atoms with Gasteiger partial charge in [-0.3, -0.25) is 9.89 Å². The molecule has 0 aliphatic carbocycles. The van der Waals surface area contributed by atoms with Gasteiger partial charge in [-0.2, -0.15) is 5.10 Å². The summed E-state index contributed by atoms with van der Waals surface area (Å²) in [4.78, 5) is 23.8. The lowest BCUT2D eigenvalue weighted by Crippen LogP contribution is -2.34. The maximum absolute atomic E-state index is 12.2. The van der Waals surface area contributed by atoms with Crippen LogP contribution in [0.1, 0.15) is 35.0 Å². The van der Waals surface area contributed by atoms with E-state index in [0.29, 0.717) is 34.9 Å². The molecule has 1 aliphatic heterocycles. The van der Waals surface area contributed by atoms with E-state index in [1.165, 1.54) is 0 Å². The van der Waals surface area contributed by atoms with E-state index < -0.39 is 12.0 Å². The Labute approximate surface area is 144 Å². The zero-order chi connectivity index (χ0) is 18.0. The first kappa shape index (κ1) is 16.8. The van der Waals surface area contributed by atoms with Gasteiger partial charge in [0.15, 0.2) is 17.5 Å². The Kier molecular flexibility index (Phi) is 4.60. The molecule has 8 nitrogen and oxygen atoms in total. The zero-order valence-electron chi connectivity index (χ0n) is 14.0. The van der Waals surface area contributed by atoms with E-state index in [4.69, 9.17) is 9.47 Å². The Morgan fingerprint density at radius 3 is 2.76 bits per heavy atom. The summed E-state index contributed by atoms with van der Waals surface area (Å²) in [6.45, 7) is 3.63. The fraction of sp³-hybridized carbons (Fsp3) is 0.353. The summed E-state index contributed by atoms with van der Waals surface area (Å²) in [5.74, 6) is -0.120. The van der Waals surface area contributed by atoms with Crippen molar-refractivity contribution in [3.63, 3.8) is 0 Å². The zero-order valence-corrected chi connectivity index (χ0v) is 14.0. The molecule has 0 saturated heterocycles. The standard InChI is InChI=1S/C17H19N3O5/c1-9-15(10(2)20-19-9)16(17(22)23)18-14(21)6-4-11-3-5-12-13(7-11)25-8-24-12/h3,5,7,16H,4,6,8H2,1-2H3,(H,18,21)(H,19,20)(H,22,23)/t16-/m1/s1. The number of carboxylic acid groups (broad SMARTS) is 1. The molecule has 132 valence electrons. The molecular weight excluding hydrogens is 326 g/mol. The van der Waals surface area contributed by atoms with E-state index in [0.717, 1.165) is 5.56 Å². The van der Waals surface area contributed by atoms with Crippen molar-refractivity contribution in [1.82, 2.24) is 15.5 Å². The molecule has 0 unspecified atom stereocenters. The van der Waals surface area contributed by atoms with Crippen LogP contribution in [0.4, 0.5) is 0 Å². The minimum absolute atomic E-state index is 0.166. The van der Waals surface area contributed by atoms with Crippen LogP contribution in [0.15, 0.2) is 18.2 Å². The summed E-state index contributed by atoms with van der Waals surface area (Å²) in [7, 11) is 0. The van der Waals surface area contributed by atoms with Crippen molar-refractivity contribution >= 4 is 11.9 Å². The Morgan fingerprint density at radius 2 is 2.08 bits per heavy atom. The van der Waals surface area contributed by atoms with Crippen LogP contribution in [0.2, 0.25) is 0 Å². The molecule has 2 aromatic rings. The Hall–Kier alpha value is -3.03. The van der Waals surface area contributed by atoms with Gasteiger partial charge in [-0.1, -0.05) is 6.07 Å². The highest BCUT2D eigenvalue weighted by Crippen LogP contribution is 2.32. The highest BCUT2D eigenvalue weighted by atomic mass is 16.7. The molecule has 0 fully saturated rings. The van der Waals surface area contributed by atoms with E-state index in [1.54, 1.807) is 19.9 Å². The van der Waals surface area contributed by atoms with Crippen LogP contribution < -0.4 is 14.8 Å². The van der Waals surface area contributed by atoms with Gasteiger partial charge in [0, 0.05) is 17.7 Å². The molecule has 1 amide bonds. The number of carboxylic acids is 1. The molecule has 1 aromatic heterocycles. The number of nitrogens with one attached hydrogen (secondary N) is 2. The Morgan fingerprint density at radius 1 is 1.32 bits per heavy atom. The number of aromatic nitrogens is 2. The van der Waals surface area contributed by atoms with Crippen molar-refractivity contribution in [2.45, 2.75) is 32.7 Å². The maximum atomic E-state index is 12.2. The normalized spacial score (nSPS) is 13.5. The second-order valence-electron chi connectivity index (χ2n) is 5.87. The van der Waals surface area contributed by atoms with E-state index in [2.05, 4.69) is 15.5 Å². The smallest absolute Gasteiger partial charge is 0.331 e. The van der Waals surface area contributed by atoms with Crippen molar-refractivity contribution in [1.29, 1.82) is 0 Å². The quantitative estimate of drug-likeness (QED) is 0.733. The SMILES string of the molecule is Cc1n[nH]c(C)c1[C@@H](NC(=O)CCc1ccc2c(c1)OCO2)C(=O)O. The monoisotopic (exact) mass is 345 g/mol. The maximum Gasteiger partial charge on any atom is 0.331 e. The first-order chi connectivity index (χ1) is 12.0. The number of aryl methyl sites for hydroxylation is 3. The molecule has 25 heavy (non-hydrogen) atoms. The predicted octanol–water partition coefficient (Wildman–Crippen LogP) is 1.63. The molecule has 0 radical (unpaired) electrons. The van der Waals surface area contributed by atoms with Gasteiger partial charge in [-0.25, -0.2) is 4.79 Å².